The molecule has 0 radical (unpaired) electrons. The average molecular weight is 194 g/mol. The smallest absolute Gasteiger partial charge is 0.184 e. The van der Waals surface area contributed by atoms with Crippen molar-refractivity contribution in [3.8, 4) is 10.8 Å². The van der Waals surface area contributed by atoms with E-state index in [4.69, 9.17) is 0 Å². The Balaban J connectivity index is 2.43. The van der Waals surface area contributed by atoms with Crippen molar-refractivity contribution in [2.45, 2.75) is 20.3 Å². The van der Waals surface area contributed by atoms with Crippen LogP contribution in [0.3, 0.4) is 0 Å². The Labute approximate surface area is 80.1 Å². The van der Waals surface area contributed by atoms with Gasteiger partial charge in [0.1, 0.15) is 6.33 Å². The zero-order valence-electron chi connectivity index (χ0n) is 7.53. The lowest BCUT2D eigenvalue weighted by atomic mass is 10.3. The standard InChI is InChI=1S/C8H10N4S/c1-3-6-5(2)13-8(11-6)7-9-4-10-12-7/h4H,3H2,1-2H3,(H,9,10,12). The number of aromatic amines is 1. The first-order valence-corrected chi connectivity index (χ1v) is 4.95. The van der Waals surface area contributed by atoms with E-state index < -0.39 is 0 Å². The molecule has 2 heterocycles. The van der Waals surface area contributed by atoms with Crippen molar-refractivity contribution in [1.29, 1.82) is 0 Å². The number of hydrogen-bond acceptors (Lipinski definition) is 4. The van der Waals surface area contributed by atoms with E-state index >= 15 is 0 Å². The SMILES string of the molecule is CCc1nc(-c2ncn[nH]2)sc1C. The van der Waals surface area contributed by atoms with Gasteiger partial charge in [-0.15, -0.1) is 11.3 Å². The Hall–Kier alpha value is -1.23. The molecule has 0 atom stereocenters. The molecule has 0 amide bonds. The van der Waals surface area contributed by atoms with Crippen LogP contribution in [0.4, 0.5) is 0 Å². The monoisotopic (exact) mass is 194 g/mol. The molecule has 0 aliphatic carbocycles. The van der Waals surface area contributed by atoms with Crippen molar-refractivity contribution < 1.29 is 0 Å². The summed E-state index contributed by atoms with van der Waals surface area (Å²) in [6.45, 7) is 4.18. The first kappa shape index (κ1) is 8.37. The maximum Gasteiger partial charge on any atom is 0.184 e. The lowest BCUT2D eigenvalue weighted by Crippen LogP contribution is -1.83. The second-order valence-corrected chi connectivity index (χ2v) is 3.91. The van der Waals surface area contributed by atoms with E-state index in [1.807, 2.05) is 0 Å². The molecule has 0 spiro atoms. The highest BCUT2D eigenvalue weighted by atomic mass is 32.1. The van der Waals surface area contributed by atoms with Crippen molar-refractivity contribution in [3.63, 3.8) is 0 Å². The van der Waals surface area contributed by atoms with Gasteiger partial charge < -0.3 is 0 Å². The number of thiazole rings is 1. The molecular formula is C8H10N4S. The van der Waals surface area contributed by atoms with E-state index in [1.54, 1.807) is 11.3 Å². The number of nitrogens with one attached hydrogen (secondary N) is 1. The quantitative estimate of drug-likeness (QED) is 0.793. The van der Waals surface area contributed by atoms with Crippen LogP contribution in [-0.4, -0.2) is 20.2 Å². The minimum atomic E-state index is 0.757. The van der Waals surface area contributed by atoms with E-state index in [2.05, 4.69) is 34.0 Å². The number of aromatic nitrogens is 4. The molecule has 1 N–H and O–H groups in total. The molecule has 2 aromatic rings. The predicted molar refractivity (Wildman–Crippen MR) is 51.6 cm³/mol. The molecule has 13 heavy (non-hydrogen) atoms. The lowest BCUT2D eigenvalue weighted by Gasteiger charge is -1.86. The summed E-state index contributed by atoms with van der Waals surface area (Å²) in [5.41, 5.74) is 1.15. The van der Waals surface area contributed by atoms with Gasteiger partial charge in [0.15, 0.2) is 10.8 Å². The number of hydrogen-bond donors (Lipinski definition) is 1. The van der Waals surface area contributed by atoms with Crippen LogP contribution in [0.2, 0.25) is 0 Å². The molecular weight excluding hydrogens is 184 g/mol. The number of rotatable bonds is 2. The van der Waals surface area contributed by atoms with Gasteiger partial charge in [0.05, 0.1) is 5.69 Å². The normalized spacial score (nSPS) is 10.6. The summed E-state index contributed by atoms with van der Waals surface area (Å²) in [5.74, 6) is 0.757. The highest BCUT2D eigenvalue weighted by molar-refractivity contribution is 7.15. The summed E-state index contributed by atoms with van der Waals surface area (Å²) >= 11 is 1.65. The van der Waals surface area contributed by atoms with Gasteiger partial charge >= 0.3 is 0 Å². The van der Waals surface area contributed by atoms with E-state index in [-0.39, 0.29) is 0 Å². The van der Waals surface area contributed by atoms with Gasteiger partial charge in [0.25, 0.3) is 0 Å². The molecule has 0 aliphatic rings. The van der Waals surface area contributed by atoms with Gasteiger partial charge in [-0.3, -0.25) is 5.10 Å². The van der Waals surface area contributed by atoms with Crippen molar-refractivity contribution in [2.24, 2.45) is 0 Å². The third-order valence-corrected chi connectivity index (χ3v) is 2.86. The zero-order valence-corrected chi connectivity index (χ0v) is 8.35. The third kappa shape index (κ3) is 1.47. The molecule has 0 unspecified atom stereocenters. The molecule has 0 fully saturated rings. The summed E-state index contributed by atoms with van der Waals surface area (Å²) in [4.78, 5) is 9.77. The first-order valence-electron chi connectivity index (χ1n) is 4.13. The molecule has 0 aliphatic heterocycles. The fraction of sp³-hybridized carbons (Fsp3) is 0.375. The minimum Gasteiger partial charge on any atom is -0.257 e. The van der Waals surface area contributed by atoms with E-state index in [1.165, 1.54) is 11.2 Å². The average Bonchev–Trinajstić information content (AvgIpc) is 2.71. The van der Waals surface area contributed by atoms with E-state index in [0.29, 0.717) is 0 Å². The highest BCUT2D eigenvalue weighted by Gasteiger charge is 2.09. The van der Waals surface area contributed by atoms with Crippen LogP contribution in [0, 0.1) is 6.92 Å². The highest BCUT2D eigenvalue weighted by Crippen LogP contribution is 2.24. The summed E-state index contributed by atoms with van der Waals surface area (Å²) in [5, 5.41) is 7.52. The Morgan fingerprint density at radius 2 is 2.38 bits per heavy atom. The minimum absolute atomic E-state index is 0.757. The molecule has 68 valence electrons. The van der Waals surface area contributed by atoms with Crippen LogP contribution in [-0.2, 0) is 6.42 Å². The Kier molecular flexibility index (Phi) is 2.10. The molecule has 0 saturated heterocycles. The van der Waals surface area contributed by atoms with Crippen molar-refractivity contribution in [2.75, 3.05) is 0 Å². The van der Waals surface area contributed by atoms with Crippen LogP contribution >= 0.6 is 11.3 Å². The maximum absolute atomic E-state index is 4.46. The van der Waals surface area contributed by atoms with Crippen molar-refractivity contribution in [1.82, 2.24) is 20.2 Å². The zero-order chi connectivity index (χ0) is 9.26. The Bertz CT molecular complexity index is 390. The van der Waals surface area contributed by atoms with E-state index in [9.17, 15) is 0 Å². The number of nitrogens with zero attached hydrogens (tertiary/aromatic N) is 3. The van der Waals surface area contributed by atoms with Gasteiger partial charge in [0.2, 0.25) is 0 Å². The van der Waals surface area contributed by atoms with Gasteiger partial charge in [-0.1, -0.05) is 6.92 Å². The third-order valence-electron chi connectivity index (χ3n) is 1.85. The van der Waals surface area contributed by atoms with E-state index in [0.717, 1.165) is 22.9 Å². The summed E-state index contributed by atoms with van der Waals surface area (Å²) < 4.78 is 0. The molecule has 0 bridgehead atoms. The maximum atomic E-state index is 4.46. The predicted octanol–water partition coefficient (Wildman–Crippen LogP) is 1.80. The van der Waals surface area contributed by atoms with Gasteiger partial charge in [-0.2, -0.15) is 5.10 Å². The molecule has 5 heteroatoms. The first-order chi connectivity index (χ1) is 6.31. The van der Waals surface area contributed by atoms with Crippen LogP contribution in [0.1, 0.15) is 17.5 Å². The molecule has 0 saturated carbocycles. The molecule has 4 nitrogen and oxygen atoms in total. The molecule has 2 aromatic heterocycles. The van der Waals surface area contributed by atoms with Crippen LogP contribution in [0.5, 0.6) is 0 Å². The summed E-state index contributed by atoms with van der Waals surface area (Å²) in [6.07, 6.45) is 2.47. The van der Waals surface area contributed by atoms with Crippen molar-refractivity contribution in [3.05, 3.63) is 16.9 Å². The van der Waals surface area contributed by atoms with Crippen LogP contribution < -0.4 is 0 Å². The fourth-order valence-corrected chi connectivity index (χ4v) is 2.11. The second-order valence-electron chi connectivity index (χ2n) is 2.71. The Morgan fingerprint density at radius 3 is 2.92 bits per heavy atom. The van der Waals surface area contributed by atoms with Gasteiger partial charge in [-0.25, -0.2) is 9.97 Å². The van der Waals surface area contributed by atoms with Gasteiger partial charge in [-0.05, 0) is 13.3 Å². The number of H-pyrrole nitrogens is 1. The fourth-order valence-electron chi connectivity index (χ4n) is 1.17. The number of aryl methyl sites for hydroxylation is 2. The van der Waals surface area contributed by atoms with Crippen LogP contribution in [0.15, 0.2) is 6.33 Å². The van der Waals surface area contributed by atoms with Crippen LogP contribution in [0.25, 0.3) is 10.8 Å². The second kappa shape index (κ2) is 3.26. The Morgan fingerprint density at radius 1 is 1.54 bits per heavy atom. The molecule has 2 rings (SSSR count). The van der Waals surface area contributed by atoms with Crippen molar-refractivity contribution >= 4 is 11.3 Å². The summed E-state index contributed by atoms with van der Waals surface area (Å²) in [6, 6.07) is 0. The molecule has 0 aromatic carbocycles. The largest absolute Gasteiger partial charge is 0.257 e. The topological polar surface area (TPSA) is 54.5 Å². The summed E-state index contributed by atoms with van der Waals surface area (Å²) in [7, 11) is 0. The van der Waals surface area contributed by atoms with Gasteiger partial charge in [0, 0.05) is 4.88 Å². The lowest BCUT2D eigenvalue weighted by molar-refractivity contribution is 1.04.